The fraction of sp³-hybridized carbons (Fsp3) is 0.721. The SMILES string of the molecule is CC[C@H]1OC(=O)C[C@@H](O)[C@H](C)[C@@H](OC2OC(C)C(O)C(N(C)C)C2O)[C@@H](CCN2CC(C)CC(C)C2)C[C@@H](C)C(=O)/C=C/C=C/[C@@H]1COS(=O)(=O)c1ccccc1. The van der Waals surface area contributed by atoms with Crippen LogP contribution in [0.5, 0.6) is 0 Å². The minimum atomic E-state index is -4.12. The molecule has 0 bridgehead atoms. The lowest BCUT2D eigenvalue weighted by molar-refractivity contribution is -0.304. The van der Waals surface area contributed by atoms with E-state index in [1.807, 2.05) is 6.92 Å². The molecule has 0 aromatic heterocycles. The number of allylic oxidation sites excluding steroid dienone is 3. The maximum absolute atomic E-state index is 13.7. The Labute approximate surface area is 340 Å². The van der Waals surface area contributed by atoms with Gasteiger partial charge in [0, 0.05) is 30.8 Å². The minimum absolute atomic E-state index is 0.00652. The molecule has 4 rings (SSSR count). The van der Waals surface area contributed by atoms with E-state index in [-0.39, 0.29) is 29.6 Å². The first-order valence-electron chi connectivity index (χ1n) is 20.7. The summed E-state index contributed by atoms with van der Waals surface area (Å²) in [6, 6.07) is 7.06. The first-order valence-corrected chi connectivity index (χ1v) is 22.1. The van der Waals surface area contributed by atoms with Crippen molar-refractivity contribution >= 4 is 21.9 Å². The summed E-state index contributed by atoms with van der Waals surface area (Å²) in [4.78, 5) is 31.5. The van der Waals surface area contributed by atoms with Crippen molar-refractivity contribution in [3.05, 3.63) is 54.6 Å². The fourth-order valence-electron chi connectivity index (χ4n) is 8.76. The monoisotopic (exact) mass is 820 g/mol. The van der Waals surface area contributed by atoms with Gasteiger partial charge < -0.3 is 39.3 Å². The van der Waals surface area contributed by atoms with Gasteiger partial charge in [-0.2, -0.15) is 8.42 Å². The number of nitrogens with zero attached hydrogens (tertiary/aromatic N) is 2. The maximum Gasteiger partial charge on any atom is 0.308 e. The van der Waals surface area contributed by atoms with E-state index in [2.05, 4.69) is 18.7 Å². The Bertz CT molecular complexity index is 1580. The number of rotatable bonds is 11. The summed E-state index contributed by atoms with van der Waals surface area (Å²) < 4.78 is 50.2. The molecular weight excluding hydrogens is 753 g/mol. The van der Waals surface area contributed by atoms with Crippen molar-refractivity contribution in [1.29, 1.82) is 0 Å². The lowest BCUT2D eigenvalue weighted by Crippen LogP contribution is -2.63. The van der Waals surface area contributed by atoms with Gasteiger partial charge in [0.2, 0.25) is 0 Å². The molecule has 14 heteroatoms. The summed E-state index contributed by atoms with van der Waals surface area (Å²) in [6.45, 7) is 14.0. The van der Waals surface area contributed by atoms with Crippen LogP contribution in [0, 0.1) is 35.5 Å². The molecule has 0 saturated carbocycles. The Morgan fingerprint density at radius 3 is 2.23 bits per heavy atom. The van der Waals surface area contributed by atoms with Crippen LogP contribution in [0.4, 0.5) is 0 Å². The summed E-state index contributed by atoms with van der Waals surface area (Å²) in [5.41, 5.74) is 0. The van der Waals surface area contributed by atoms with E-state index in [4.69, 9.17) is 18.4 Å². The van der Waals surface area contributed by atoms with E-state index in [1.165, 1.54) is 18.2 Å². The molecule has 0 spiro atoms. The van der Waals surface area contributed by atoms with Gasteiger partial charge in [0.05, 0.1) is 48.4 Å². The van der Waals surface area contributed by atoms with Crippen molar-refractivity contribution in [3.63, 3.8) is 0 Å². The average Bonchev–Trinajstić information content (AvgIpc) is 3.15. The van der Waals surface area contributed by atoms with Crippen molar-refractivity contribution in [2.45, 2.75) is 127 Å². The topological polar surface area (TPSA) is 172 Å². The zero-order valence-electron chi connectivity index (χ0n) is 35.1. The smallest absolute Gasteiger partial charge is 0.308 e. The number of ether oxygens (including phenoxy) is 3. The number of likely N-dealkylation sites (N-methyl/N-ethyl adjacent to an activating group) is 1. The zero-order chi connectivity index (χ0) is 42.0. The maximum atomic E-state index is 13.7. The number of esters is 1. The van der Waals surface area contributed by atoms with Crippen molar-refractivity contribution in [1.82, 2.24) is 9.80 Å². The highest BCUT2D eigenvalue weighted by molar-refractivity contribution is 7.86. The molecule has 57 heavy (non-hydrogen) atoms. The number of cyclic esters (lactones) is 1. The predicted octanol–water partition coefficient (Wildman–Crippen LogP) is 4.20. The second-order valence-electron chi connectivity index (χ2n) is 17.1. The number of aliphatic hydroxyl groups is 3. The second kappa shape index (κ2) is 21.6. The third-order valence-corrected chi connectivity index (χ3v) is 13.2. The molecule has 3 heterocycles. The molecule has 0 amide bonds. The van der Waals surface area contributed by atoms with E-state index in [0.717, 1.165) is 26.1 Å². The van der Waals surface area contributed by atoms with Gasteiger partial charge in [0.15, 0.2) is 12.1 Å². The number of ketones is 1. The van der Waals surface area contributed by atoms with Gasteiger partial charge in [-0.15, -0.1) is 0 Å². The van der Waals surface area contributed by atoms with Gasteiger partial charge in [-0.25, -0.2) is 0 Å². The lowest BCUT2D eigenvalue weighted by atomic mass is 9.79. The first-order chi connectivity index (χ1) is 26.9. The van der Waals surface area contributed by atoms with E-state index < -0.39 is 82.8 Å². The summed E-state index contributed by atoms with van der Waals surface area (Å²) in [5, 5.41) is 34.3. The van der Waals surface area contributed by atoms with Crippen LogP contribution >= 0.6 is 0 Å². The Kier molecular flexibility index (Phi) is 17.9. The highest BCUT2D eigenvalue weighted by Crippen LogP contribution is 2.35. The molecule has 7 unspecified atom stereocenters. The Morgan fingerprint density at radius 2 is 1.60 bits per heavy atom. The van der Waals surface area contributed by atoms with E-state index >= 15 is 0 Å². The first kappa shape index (κ1) is 47.2. The molecule has 3 aliphatic rings. The fourth-order valence-corrected chi connectivity index (χ4v) is 9.73. The quantitative estimate of drug-likeness (QED) is 0.215. The van der Waals surface area contributed by atoms with E-state index in [9.17, 15) is 33.3 Å². The van der Waals surface area contributed by atoms with Gasteiger partial charge in [-0.3, -0.25) is 13.8 Å². The van der Waals surface area contributed by atoms with Crippen molar-refractivity contribution in [2.75, 3.05) is 40.3 Å². The van der Waals surface area contributed by atoms with Crippen LogP contribution in [0.25, 0.3) is 0 Å². The van der Waals surface area contributed by atoms with Gasteiger partial charge in [-0.1, -0.05) is 71.0 Å². The van der Waals surface area contributed by atoms with Gasteiger partial charge in [-0.05, 0) is 89.2 Å². The largest absolute Gasteiger partial charge is 0.462 e. The molecule has 322 valence electrons. The predicted molar refractivity (Wildman–Crippen MR) is 216 cm³/mol. The van der Waals surface area contributed by atoms with Crippen molar-refractivity contribution in [3.8, 4) is 0 Å². The van der Waals surface area contributed by atoms with Crippen LogP contribution < -0.4 is 0 Å². The molecule has 2 fully saturated rings. The van der Waals surface area contributed by atoms with Gasteiger partial charge in [0.25, 0.3) is 10.1 Å². The molecule has 1 aromatic carbocycles. The number of likely N-dealkylation sites (tertiary alicyclic amines) is 1. The lowest BCUT2D eigenvalue weighted by Gasteiger charge is -2.47. The zero-order valence-corrected chi connectivity index (χ0v) is 35.9. The van der Waals surface area contributed by atoms with Crippen LogP contribution in [-0.4, -0.2) is 135 Å². The number of carbonyl (C=O) groups is 2. The highest BCUT2D eigenvalue weighted by atomic mass is 32.2. The van der Waals surface area contributed by atoms with Crippen LogP contribution in [-0.2, 0) is 38.1 Å². The van der Waals surface area contributed by atoms with Crippen molar-refractivity contribution < 1.29 is 51.7 Å². The summed E-state index contributed by atoms with van der Waals surface area (Å²) in [6.07, 6.45) is 1.57. The van der Waals surface area contributed by atoms with Gasteiger partial charge in [0.1, 0.15) is 12.2 Å². The number of carbonyl (C=O) groups excluding carboxylic acids is 2. The third kappa shape index (κ3) is 13.2. The highest BCUT2D eigenvalue weighted by Gasteiger charge is 2.47. The molecule has 13 nitrogen and oxygen atoms in total. The second-order valence-corrected chi connectivity index (χ2v) is 18.7. The number of hydrogen-bond donors (Lipinski definition) is 3. The third-order valence-electron chi connectivity index (χ3n) is 11.9. The number of aliphatic hydroxyl groups excluding tert-OH is 3. The minimum Gasteiger partial charge on any atom is -0.462 e. The Hall–Kier alpha value is -2.53. The van der Waals surface area contributed by atoms with Crippen LogP contribution in [0.1, 0.15) is 73.6 Å². The number of benzene rings is 1. The van der Waals surface area contributed by atoms with E-state index in [0.29, 0.717) is 31.1 Å². The molecule has 3 N–H and O–H groups in total. The molecule has 2 saturated heterocycles. The van der Waals surface area contributed by atoms with Crippen LogP contribution in [0.15, 0.2) is 59.5 Å². The summed E-state index contributed by atoms with van der Waals surface area (Å²) >= 11 is 0. The molecule has 0 aliphatic carbocycles. The number of hydrogen-bond acceptors (Lipinski definition) is 13. The molecule has 0 radical (unpaired) electrons. The Balaban J connectivity index is 1.67. The summed E-state index contributed by atoms with van der Waals surface area (Å²) in [7, 11) is -0.591. The number of piperidine rings is 1. The molecule has 1 aromatic rings. The van der Waals surface area contributed by atoms with Crippen molar-refractivity contribution in [2.24, 2.45) is 35.5 Å². The average molecular weight is 821 g/mol. The van der Waals surface area contributed by atoms with Crippen LogP contribution in [0.3, 0.4) is 0 Å². The van der Waals surface area contributed by atoms with E-state index in [1.54, 1.807) is 76.2 Å². The molecule has 14 atom stereocenters. The normalized spacial score (nSPS) is 38.1. The molecular formula is C43H68N2O11S. The van der Waals surface area contributed by atoms with Crippen LogP contribution in [0.2, 0.25) is 0 Å². The Morgan fingerprint density at radius 1 is 0.930 bits per heavy atom. The standard InChI is InChI=1S/C43H68N2O11S/c1-9-37-33(26-53-57(51,52)34-16-11-10-12-17-34)15-13-14-18-35(46)29(4)22-32(19-20-45-24-27(2)21-28(3)25-45)42(30(5)36(47)23-38(48)55-37)56-43-41(50)39(44(7)8)40(49)31(6)54-43/h10-18,27-33,36-37,39-43,47,49-50H,9,19-26H2,1-8H3/b15-13+,18-14+/t27?,28?,29-,30+,31?,32+,33-,36-,37-,39?,40?,41?,42-,43?/m1/s1. The molecule has 3 aliphatic heterocycles. The summed E-state index contributed by atoms with van der Waals surface area (Å²) in [5.74, 6) is -1.89. The van der Waals surface area contributed by atoms with Gasteiger partial charge >= 0.3 is 5.97 Å².